The Labute approximate surface area is 129 Å². The molecule has 0 heterocycles. The molecule has 0 aliphatic heterocycles. The maximum Gasteiger partial charge on any atom is 0.331 e. The first-order chi connectivity index (χ1) is 9.71. The van der Waals surface area contributed by atoms with Crippen molar-refractivity contribution in [3.8, 4) is 0 Å². The summed E-state index contributed by atoms with van der Waals surface area (Å²) >= 11 is 5.93. The molecule has 0 amide bonds. The first-order valence-electron chi connectivity index (χ1n) is 6.47. The maximum atomic E-state index is 11.7. The minimum absolute atomic E-state index is 0.0883. The number of halogens is 1. The molecule has 0 saturated heterocycles. The van der Waals surface area contributed by atoms with Crippen LogP contribution in [0.3, 0.4) is 0 Å². The van der Waals surface area contributed by atoms with Crippen LogP contribution in [0.25, 0.3) is 6.08 Å². The van der Waals surface area contributed by atoms with Crippen molar-refractivity contribution in [2.45, 2.75) is 32.8 Å². The summed E-state index contributed by atoms with van der Waals surface area (Å²) < 4.78 is 9.82. The maximum absolute atomic E-state index is 11.7. The van der Waals surface area contributed by atoms with Gasteiger partial charge >= 0.3 is 11.9 Å². The van der Waals surface area contributed by atoms with Gasteiger partial charge < -0.3 is 9.47 Å². The van der Waals surface area contributed by atoms with E-state index >= 15 is 0 Å². The Kier molecular flexibility index (Phi) is 5.97. The summed E-state index contributed by atoms with van der Waals surface area (Å²) in [4.78, 5) is 23.1. The van der Waals surface area contributed by atoms with Gasteiger partial charge in [-0.25, -0.2) is 4.79 Å². The number of benzene rings is 1. The Bertz CT molecular complexity index is 556. The van der Waals surface area contributed by atoms with E-state index in [1.807, 2.05) is 0 Å². The Hall–Kier alpha value is -1.81. The van der Waals surface area contributed by atoms with E-state index in [2.05, 4.69) is 4.74 Å². The van der Waals surface area contributed by atoms with Gasteiger partial charge in [0.1, 0.15) is 5.60 Å². The van der Waals surface area contributed by atoms with Gasteiger partial charge in [-0.1, -0.05) is 17.7 Å². The first kappa shape index (κ1) is 17.2. The zero-order valence-corrected chi connectivity index (χ0v) is 13.4. The molecule has 0 radical (unpaired) electrons. The average molecular weight is 311 g/mol. The first-order valence-corrected chi connectivity index (χ1v) is 6.85. The Morgan fingerprint density at radius 2 is 1.95 bits per heavy atom. The molecule has 114 valence electrons. The largest absolute Gasteiger partial charge is 0.469 e. The topological polar surface area (TPSA) is 52.6 Å². The highest BCUT2D eigenvalue weighted by Gasteiger charge is 2.14. The molecule has 0 spiro atoms. The average Bonchev–Trinajstić information content (AvgIpc) is 2.35. The lowest BCUT2D eigenvalue weighted by Gasteiger charge is -2.18. The molecular weight excluding hydrogens is 292 g/mol. The summed E-state index contributed by atoms with van der Waals surface area (Å²) in [5.74, 6) is -0.814. The monoisotopic (exact) mass is 310 g/mol. The van der Waals surface area contributed by atoms with Crippen molar-refractivity contribution >= 4 is 29.6 Å². The molecule has 0 aromatic heterocycles. The number of carbonyl (C=O) groups excluding carboxylic acids is 2. The van der Waals surface area contributed by atoms with Crippen LogP contribution >= 0.6 is 11.6 Å². The van der Waals surface area contributed by atoms with E-state index in [1.165, 1.54) is 13.2 Å². The van der Waals surface area contributed by atoms with Crippen LogP contribution in [-0.2, 0) is 25.5 Å². The van der Waals surface area contributed by atoms with Crippen LogP contribution in [-0.4, -0.2) is 24.6 Å². The lowest BCUT2D eigenvalue weighted by Crippen LogP contribution is -2.22. The Balaban J connectivity index is 2.92. The van der Waals surface area contributed by atoms with Gasteiger partial charge in [0.05, 0.1) is 13.5 Å². The molecule has 4 nitrogen and oxygen atoms in total. The van der Waals surface area contributed by atoms with Gasteiger partial charge in [0.15, 0.2) is 0 Å². The second kappa shape index (κ2) is 7.27. The molecule has 0 atom stereocenters. The summed E-state index contributed by atoms with van der Waals surface area (Å²) in [6.45, 7) is 5.39. The number of esters is 2. The van der Waals surface area contributed by atoms with Crippen molar-refractivity contribution in [2.24, 2.45) is 0 Å². The minimum atomic E-state index is -0.545. The highest BCUT2D eigenvalue weighted by molar-refractivity contribution is 6.30. The molecule has 1 aromatic carbocycles. The fourth-order valence-electron chi connectivity index (χ4n) is 1.61. The lowest BCUT2D eigenvalue weighted by molar-refractivity contribution is -0.148. The molecule has 0 bridgehead atoms. The van der Waals surface area contributed by atoms with Gasteiger partial charge in [0.25, 0.3) is 0 Å². The molecule has 1 rings (SSSR count). The summed E-state index contributed by atoms with van der Waals surface area (Å²) in [7, 11) is 1.32. The van der Waals surface area contributed by atoms with Crippen LogP contribution in [0.5, 0.6) is 0 Å². The van der Waals surface area contributed by atoms with E-state index in [-0.39, 0.29) is 12.4 Å². The van der Waals surface area contributed by atoms with Crippen molar-refractivity contribution in [2.75, 3.05) is 7.11 Å². The van der Waals surface area contributed by atoms with Gasteiger partial charge in [-0.2, -0.15) is 0 Å². The molecule has 0 aliphatic carbocycles. The second-order valence-corrected chi connectivity index (χ2v) is 5.90. The van der Waals surface area contributed by atoms with Crippen LogP contribution in [0.15, 0.2) is 24.3 Å². The summed E-state index contributed by atoms with van der Waals surface area (Å²) in [5.41, 5.74) is 0.862. The third-order valence-corrected chi connectivity index (χ3v) is 2.71. The van der Waals surface area contributed by atoms with Gasteiger partial charge in [-0.15, -0.1) is 0 Å². The number of carbonyl (C=O) groups is 2. The quantitative estimate of drug-likeness (QED) is 0.631. The van der Waals surface area contributed by atoms with E-state index in [1.54, 1.807) is 45.0 Å². The molecule has 0 N–H and O–H groups in total. The van der Waals surface area contributed by atoms with Crippen LogP contribution in [0, 0.1) is 0 Å². The number of methoxy groups -OCH3 is 1. The predicted molar refractivity (Wildman–Crippen MR) is 82.1 cm³/mol. The van der Waals surface area contributed by atoms with Gasteiger partial charge in [0, 0.05) is 11.1 Å². The van der Waals surface area contributed by atoms with Crippen LogP contribution in [0.1, 0.15) is 31.9 Å². The predicted octanol–water partition coefficient (Wildman–Crippen LogP) is 3.41. The lowest BCUT2D eigenvalue weighted by atomic mass is 10.0. The van der Waals surface area contributed by atoms with Crippen molar-refractivity contribution in [3.63, 3.8) is 0 Å². The number of ether oxygens (including phenoxy) is 2. The normalized spacial score (nSPS) is 11.5. The van der Waals surface area contributed by atoms with Crippen LogP contribution in [0.2, 0.25) is 5.02 Å². The fourth-order valence-corrected chi connectivity index (χ4v) is 1.81. The van der Waals surface area contributed by atoms with Crippen LogP contribution < -0.4 is 0 Å². The third kappa shape index (κ3) is 6.45. The molecule has 21 heavy (non-hydrogen) atoms. The zero-order chi connectivity index (χ0) is 16.0. The van der Waals surface area contributed by atoms with E-state index in [4.69, 9.17) is 16.3 Å². The third-order valence-electron chi connectivity index (χ3n) is 2.47. The van der Waals surface area contributed by atoms with E-state index in [0.717, 1.165) is 5.56 Å². The zero-order valence-electron chi connectivity index (χ0n) is 12.6. The van der Waals surface area contributed by atoms with Crippen molar-refractivity contribution in [3.05, 3.63) is 40.4 Å². The summed E-state index contributed by atoms with van der Waals surface area (Å²) in [6, 6.07) is 5.10. The molecule has 5 heteroatoms. The highest BCUT2D eigenvalue weighted by atomic mass is 35.5. The van der Waals surface area contributed by atoms with Crippen molar-refractivity contribution in [1.82, 2.24) is 0 Å². The van der Waals surface area contributed by atoms with Crippen LogP contribution in [0.4, 0.5) is 0 Å². The minimum Gasteiger partial charge on any atom is -0.469 e. The molecule has 0 aliphatic rings. The molecule has 1 aromatic rings. The van der Waals surface area contributed by atoms with Crippen molar-refractivity contribution < 1.29 is 19.1 Å². The molecule has 0 saturated carbocycles. The van der Waals surface area contributed by atoms with E-state index in [0.29, 0.717) is 10.6 Å². The second-order valence-electron chi connectivity index (χ2n) is 5.46. The standard InChI is InChI=1S/C16H19ClO4/c1-16(2,3)21-14(18)8-6-11-5-7-13(17)9-12(11)10-15(19)20-4/h5-9H,10H2,1-4H3. The van der Waals surface area contributed by atoms with Gasteiger partial charge in [-0.05, 0) is 50.1 Å². The van der Waals surface area contributed by atoms with Gasteiger partial charge in [-0.3, -0.25) is 4.79 Å². The van der Waals surface area contributed by atoms with Crippen molar-refractivity contribution in [1.29, 1.82) is 0 Å². The highest BCUT2D eigenvalue weighted by Crippen LogP contribution is 2.19. The smallest absolute Gasteiger partial charge is 0.331 e. The molecule has 0 fully saturated rings. The SMILES string of the molecule is COC(=O)Cc1cc(Cl)ccc1C=CC(=O)OC(C)(C)C. The van der Waals surface area contributed by atoms with E-state index < -0.39 is 11.6 Å². The number of rotatable bonds is 4. The molecule has 0 unspecified atom stereocenters. The Morgan fingerprint density at radius 1 is 1.29 bits per heavy atom. The van der Waals surface area contributed by atoms with E-state index in [9.17, 15) is 9.59 Å². The summed E-state index contributed by atoms with van der Waals surface area (Å²) in [5, 5.41) is 0.517. The fraction of sp³-hybridized carbons (Fsp3) is 0.375. The number of hydrogen-bond acceptors (Lipinski definition) is 4. The van der Waals surface area contributed by atoms with Gasteiger partial charge in [0.2, 0.25) is 0 Å². The molecular formula is C16H19ClO4. The number of hydrogen-bond donors (Lipinski definition) is 0. The Morgan fingerprint density at radius 3 is 2.52 bits per heavy atom. The summed E-state index contributed by atoms with van der Waals surface area (Å²) in [6.07, 6.45) is 3.02.